The van der Waals surface area contributed by atoms with Gasteiger partial charge >= 0.3 is 0 Å². The van der Waals surface area contributed by atoms with Gasteiger partial charge in [-0.2, -0.15) is 0 Å². The molecule has 1 saturated heterocycles. The van der Waals surface area contributed by atoms with Crippen molar-refractivity contribution in [3.8, 4) is 0 Å². The highest BCUT2D eigenvalue weighted by atomic mass is 35.5. The van der Waals surface area contributed by atoms with Crippen molar-refractivity contribution in [2.75, 3.05) is 15.4 Å². The van der Waals surface area contributed by atoms with Gasteiger partial charge in [0.1, 0.15) is 0 Å². The Morgan fingerprint density at radius 1 is 1.19 bits per heavy atom. The third kappa shape index (κ3) is 3.57. The van der Waals surface area contributed by atoms with Crippen molar-refractivity contribution >= 4 is 44.8 Å². The van der Waals surface area contributed by atoms with Crippen LogP contribution in [0.4, 0.5) is 11.4 Å². The first-order valence-electron chi connectivity index (χ1n) is 8.36. The normalized spacial score (nSPS) is 18.6. The van der Waals surface area contributed by atoms with E-state index in [9.17, 15) is 18.0 Å². The molecule has 1 heterocycles. The van der Waals surface area contributed by atoms with Gasteiger partial charge in [0.05, 0.1) is 27.9 Å². The Hall–Kier alpha value is -2.38. The summed E-state index contributed by atoms with van der Waals surface area (Å²) in [4.78, 5) is 24.8. The van der Waals surface area contributed by atoms with Gasteiger partial charge < -0.3 is 5.32 Å². The molecule has 2 amide bonds. The number of rotatable bonds is 3. The lowest BCUT2D eigenvalue weighted by Gasteiger charge is -2.17. The van der Waals surface area contributed by atoms with Gasteiger partial charge in [0.2, 0.25) is 15.9 Å². The molecule has 1 N–H and O–H groups in total. The molecule has 3 rings (SSSR count). The Kier molecular flexibility index (Phi) is 5.01. The van der Waals surface area contributed by atoms with Crippen LogP contribution >= 0.6 is 11.6 Å². The number of benzene rings is 2. The summed E-state index contributed by atoms with van der Waals surface area (Å²) in [6, 6.07) is 9.84. The van der Waals surface area contributed by atoms with Gasteiger partial charge in [-0.3, -0.25) is 9.59 Å². The average Bonchev–Trinajstić information content (AvgIpc) is 2.78. The molecule has 1 aliphatic rings. The molecule has 0 bridgehead atoms. The SMILES string of the molecule is Cc1cccc(C)c1NC(=O)c1ccc(N2C(=O)[C@H](C)CS2(=O)=O)cc1Cl. The van der Waals surface area contributed by atoms with Crippen molar-refractivity contribution in [2.24, 2.45) is 5.92 Å². The quantitative estimate of drug-likeness (QED) is 0.845. The number of para-hydroxylation sites is 1. The fourth-order valence-electron chi connectivity index (χ4n) is 3.09. The molecule has 0 aliphatic carbocycles. The van der Waals surface area contributed by atoms with Gasteiger partial charge in [-0.15, -0.1) is 0 Å². The van der Waals surface area contributed by atoms with Gasteiger partial charge in [-0.1, -0.05) is 36.7 Å². The second-order valence-corrected chi connectivity index (χ2v) is 8.94. The topological polar surface area (TPSA) is 83.6 Å². The van der Waals surface area contributed by atoms with Gasteiger partial charge in [-0.25, -0.2) is 12.7 Å². The molecule has 142 valence electrons. The zero-order valence-electron chi connectivity index (χ0n) is 15.1. The number of carbonyl (C=O) groups excluding carboxylic acids is 2. The molecule has 2 aromatic carbocycles. The zero-order chi connectivity index (χ0) is 19.9. The number of aryl methyl sites for hydroxylation is 2. The van der Waals surface area contributed by atoms with E-state index in [0.717, 1.165) is 15.4 Å². The van der Waals surface area contributed by atoms with E-state index in [1.54, 1.807) is 6.92 Å². The Morgan fingerprint density at radius 3 is 2.33 bits per heavy atom. The molecule has 1 atom stereocenters. The van der Waals surface area contributed by atoms with Crippen LogP contribution in [0.25, 0.3) is 0 Å². The smallest absolute Gasteiger partial charge is 0.257 e. The van der Waals surface area contributed by atoms with Crippen molar-refractivity contribution < 1.29 is 18.0 Å². The van der Waals surface area contributed by atoms with Crippen LogP contribution in [0.3, 0.4) is 0 Å². The lowest BCUT2D eigenvalue weighted by atomic mass is 10.1. The zero-order valence-corrected chi connectivity index (χ0v) is 16.7. The van der Waals surface area contributed by atoms with E-state index >= 15 is 0 Å². The number of sulfonamides is 1. The lowest BCUT2D eigenvalue weighted by Crippen LogP contribution is -2.30. The lowest BCUT2D eigenvalue weighted by molar-refractivity contribution is -0.119. The molecular weight excluding hydrogens is 388 g/mol. The Balaban J connectivity index is 1.92. The summed E-state index contributed by atoms with van der Waals surface area (Å²) >= 11 is 6.23. The second kappa shape index (κ2) is 6.98. The van der Waals surface area contributed by atoms with Crippen LogP contribution in [-0.4, -0.2) is 26.0 Å². The third-order valence-electron chi connectivity index (χ3n) is 4.51. The van der Waals surface area contributed by atoms with Crippen molar-refractivity contribution in [2.45, 2.75) is 20.8 Å². The molecule has 0 aromatic heterocycles. The Bertz CT molecular complexity index is 1030. The molecule has 2 aromatic rings. The minimum atomic E-state index is -3.72. The largest absolute Gasteiger partial charge is 0.321 e. The van der Waals surface area contributed by atoms with Crippen LogP contribution in [0.5, 0.6) is 0 Å². The van der Waals surface area contributed by atoms with Crippen LogP contribution in [0, 0.1) is 19.8 Å². The predicted molar refractivity (Wildman–Crippen MR) is 106 cm³/mol. The monoisotopic (exact) mass is 406 g/mol. The van der Waals surface area contributed by atoms with Gasteiger partial charge in [0, 0.05) is 5.69 Å². The summed E-state index contributed by atoms with van der Waals surface area (Å²) in [7, 11) is -3.72. The van der Waals surface area contributed by atoms with E-state index in [1.165, 1.54) is 18.2 Å². The maximum atomic E-state index is 12.6. The molecule has 8 heteroatoms. The summed E-state index contributed by atoms with van der Waals surface area (Å²) in [5.41, 5.74) is 2.87. The third-order valence-corrected chi connectivity index (χ3v) is 6.69. The van der Waals surface area contributed by atoms with Gasteiger partial charge in [0.15, 0.2) is 0 Å². The summed E-state index contributed by atoms with van der Waals surface area (Å²) < 4.78 is 25.2. The first-order chi connectivity index (χ1) is 12.6. The predicted octanol–water partition coefficient (Wildman–Crippen LogP) is 3.52. The summed E-state index contributed by atoms with van der Waals surface area (Å²) in [5, 5.41) is 2.90. The minimum absolute atomic E-state index is 0.0683. The Labute approximate surface area is 163 Å². The molecular formula is C19H19ClN2O4S. The van der Waals surface area contributed by atoms with Crippen molar-refractivity contribution in [3.05, 3.63) is 58.1 Å². The number of hydrogen-bond acceptors (Lipinski definition) is 4. The fraction of sp³-hybridized carbons (Fsp3) is 0.263. The van der Waals surface area contributed by atoms with Crippen LogP contribution < -0.4 is 9.62 Å². The molecule has 6 nitrogen and oxygen atoms in total. The summed E-state index contributed by atoms with van der Waals surface area (Å²) in [5.74, 6) is -1.76. The standard InChI is InChI=1S/C19H19ClN2O4S/c1-11-5-4-6-12(2)17(11)21-18(23)15-8-7-14(9-16(15)20)22-19(24)13(3)10-27(22,25)26/h4-9,13H,10H2,1-3H3,(H,21,23)/t13-/m1/s1. The van der Waals surface area contributed by atoms with Crippen LogP contribution in [0.1, 0.15) is 28.4 Å². The number of anilines is 2. The maximum Gasteiger partial charge on any atom is 0.257 e. The highest BCUT2D eigenvalue weighted by molar-refractivity contribution is 7.94. The van der Waals surface area contributed by atoms with E-state index in [1.807, 2.05) is 32.0 Å². The van der Waals surface area contributed by atoms with E-state index in [-0.39, 0.29) is 22.0 Å². The summed E-state index contributed by atoms with van der Waals surface area (Å²) in [6.45, 7) is 5.34. The number of amides is 2. The molecule has 0 spiro atoms. The minimum Gasteiger partial charge on any atom is -0.321 e. The molecule has 1 aliphatic heterocycles. The fourth-order valence-corrected chi connectivity index (χ4v) is 5.17. The number of halogens is 1. The second-order valence-electron chi connectivity index (χ2n) is 6.67. The first kappa shape index (κ1) is 19.4. The number of hydrogen-bond donors (Lipinski definition) is 1. The van der Waals surface area contributed by atoms with Crippen LogP contribution in [0.2, 0.25) is 5.02 Å². The van der Waals surface area contributed by atoms with E-state index in [2.05, 4.69) is 5.32 Å². The number of nitrogens with one attached hydrogen (secondary N) is 1. The van der Waals surface area contributed by atoms with Gasteiger partial charge in [-0.05, 0) is 43.2 Å². The first-order valence-corrected chi connectivity index (χ1v) is 10.3. The van der Waals surface area contributed by atoms with E-state index in [0.29, 0.717) is 5.69 Å². The number of nitrogens with zero attached hydrogens (tertiary/aromatic N) is 1. The molecule has 0 saturated carbocycles. The highest BCUT2D eigenvalue weighted by Gasteiger charge is 2.42. The average molecular weight is 407 g/mol. The van der Waals surface area contributed by atoms with Crippen LogP contribution in [0.15, 0.2) is 36.4 Å². The summed E-state index contributed by atoms with van der Waals surface area (Å²) in [6.07, 6.45) is 0. The van der Waals surface area contributed by atoms with Crippen molar-refractivity contribution in [3.63, 3.8) is 0 Å². The number of carbonyl (C=O) groups is 2. The molecule has 1 fully saturated rings. The Morgan fingerprint density at radius 2 is 1.81 bits per heavy atom. The molecule has 27 heavy (non-hydrogen) atoms. The molecule has 0 unspecified atom stereocenters. The van der Waals surface area contributed by atoms with Crippen LogP contribution in [-0.2, 0) is 14.8 Å². The van der Waals surface area contributed by atoms with Gasteiger partial charge in [0.25, 0.3) is 5.91 Å². The van der Waals surface area contributed by atoms with E-state index in [4.69, 9.17) is 11.6 Å². The van der Waals surface area contributed by atoms with E-state index < -0.39 is 27.8 Å². The highest BCUT2D eigenvalue weighted by Crippen LogP contribution is 2.32. The van der Waals surface area contributed by atoms with Crippen molar-refractivity contribution in [1.29, 1.82) is 0 Å². The maximum absolute atomic E-state index is 12.6. The molecule has 0 radical (unpaired) electrons. The van der Waals surface area contributed by atoms with Crippen molar-refractivity contribution in [1.82, 2.24) is 0 Å².